The van der Waals surface area contributed by atoms with Crippen molar-refractivity contribution >= 4 is 5.97 Å². The van der Waals surface area contributed by atoms with Crippen LogP contribution in [0.2, 0.25) is 0 Å². The van der Waals surface area contributed by atoms with E-state index in [1.54, 1.807) is 0 Å². The van der Waals surface area contributed by atoms with Gasteiger partial charge >= 0.3 is 5.97 Å². The summed E-state index contributed by atoms with van der Waals surface area (Å²) in [5, 5.41) is 43.7. The lowest BCUT2D eigenvalue weighted by Gasteiger charge is -2.62. The molecule has 3 aliphatic heterocycles. The van der Waals surface area contributed by atoms with E-state index < -0.39 is 53.4 Å². The fourth-order valence-corrected chi connectivity index (χ4v) is 14.2. The second-order valence-electron chi connectivity index (χ2n) is 19.1. The van der Waals surface area contributed by atoms with Crippen LogP contribution in [0.3, 0.4) is 0 Å². The molecule has 4 unspecified atom stereocenters. The summed E-state index contributed by atoms with van der Waals surface area (Å²) in [6, 6.07) is 0. The van der Waals surface area contributed by atoms with Crippen molar-refractivity contribution in [2.24, 2.45) is 56.2 Å². The van der Waals surface area contributed by atoms with Crippen molar-refractivity contribution in [1.82, 2.24) is 0 Å². The Labute approximate surface area is 283 Å². The Morgan fingerprint density at radius 2 is 1.73 bits per heavy atom. The maximum atomic E-state index is 12.9. The summed E-state index contributed by atoms with van der Waals surface area (Å²) in [5.74, 6) is -0.0961. The van der Waals surface area contributed by atoms with E-state index in [0.717, 1.165) is 44.9 Å². The number of carbonyl (C=O) groups is 1. The second-order valence-corrected chi connectivity index (χ2v) is 19.1. The third-order valence-electron chi connectivity index (χ3n) is 16.7. The number of hydrogen-bond donors (Lipinski definition) is 4. The van der Waals surface area contributed by atoms with Gasteiger partial charge in [0.2, 0.25) is 0 Å². The summed E-state index contributed by atoms with van der Waals surface area (Å²) in [7, 11) is 0. The van der Waals surface area contributed by atoms with Crippen LogP contribution < -0.4 is 0 Å². The largest absolute Gasteiger partial charge is 0.462 e. The average molecular weight is 673 g/mol. The minimum Gasteiger partial charge on any atom is -0.462 e. The van der Waals surface area contributed by atoms with Crippen LogP contribution in [0.4, 0.5) is 0 Å². The molecule has 268 valence electrons. The van der Waals surface area contributed by atoms with Crippen molar-refractivity contribution < 1.29 is 48.9 Å². The van der Waals surface area contributed by atoms with Gasteiger partial charge in [-0.2, -0.15) is 0 Å². The molecule has 3 heterocycles. The van der Waals surface area contributed by atoms with Gasteiger partial charge in [-0.1, -0.05) is 53.2 Å². The van der Waals surface area contributed by atoms with Crippen LogP contribution in [0.5, 0.6) is 0 Å². The number of carbonyl (C=O) groups excluding carboxylic acids is 1. The molecule has 5 saturated carbocycles. The lowest BCUT2D eigenvalue weighted by Crippen LogP contribution is -2.62. The highest BCUT2D eigenvalue weighted by Gasteiger charge is 2.86. The van der Waals surface area contributed by atoms with Gasteiger partial charge in [0, 0.05) is 41.4 Å². The van der Waals surface area contributed by atoms with Gasteiger partial charge in [-0.05, 0) is 66.6 Å². The molecule has 6 aliphatic carbocycles. The molecule has 8 fully saturated rings. The van der Waals surface area contributed by atoms with E-state index in [1.807, 2.05) is 0 Å². The van der Waals surface area contributed by atoms with Crippen molar-refractivity contribution in [3.8, 4) is 0 Å². The molecule has 10 nitrogen and oxygen atoms in total. The summed E-state index contributed by atoms with van der Waals surface area (Å²) in [6.45, 7) is 15.7. The number of fused-ring (bicyclic) bond motifs is 6. The van der Waals surface area contributed by atoms with Gasteiger partial charge in [0.1, 0.15) is 24.4 Å². The lowest BCUT2D eigenvalue weighted by atomic mass is 9.44. The molecule has 10 heteroatoms. The number of hydrogen-bond acceptors (Lipinski definition) is 10. The van der Waals surface area contributed by atoms with Gasteiger partial charge in [-0.25, -0.2) is 0 Å². The van der Waals surface area contributed by atoms with Crippen molar-refractivity contribution in [3.05, 3.63) is 11.6 Å². The van der Waals surface area contributed by atoms with Gasteiger partial charge in [-0.3, -0.25) is 4.79 Å². The van der Waals surface area contributed by atoms with E-state index in [1.165, 1.54) is 12.5 Å². The molecule has 0 aromatic rings. The number of aliphatic hydroxyl groups is 4. The van der Waals surface area contributed by atoms with Crippen LogP contribution in [0, 0.1) is 56.2 Å². The quantitative estimate of drug-likeness (QED) is 0.260. The lowest BCUT2D eigenvalue weighted by molar-refractivity contribution is -0.308. The summed E-state index contributed by atoms with van der Waals surface area (Å²) in [6.07, 6.45) is 1.98. The molecule has 4 N–H and O–H groups in total. The van der Waals surface area contributed by atoms with Crippen molar-refractivity contribution in [3.63, 3.8) is 0 Å². The Hall–Kier alpha value is -1.11. The maximum absolute atomic E-state index is 12.9. The Bertz CT molecular complexity index is 1450. The zero-order valence-electron chi connectivity index (χ0n) is 29.6. The zero-order valence-corrected chi connectivity index (χ0v) is 29.6. The average Bonchev–Trinajstić information content (AvgIpc) is 3.85. The van der Waals surface area contributed by atoms with Crippen LogP contribution in [-0.2, 0) is 28.5 Å². The van der Waals surface area contributed by atoms with Gasteiger partial charge in [0.25, 0.3) is 0 Å². The van der Waals surface area contributed by atoms with Crippen LogP contribution in [-0.4, -0.2) is 94.4 Å². The summed E-state index contributed by atoms with van der Waals surface area (Å²) in [5.41, 5.74) is -0.215. The van der Waals surface area contributed by atoms with Gasteiger partial charge in [0.05, 0.1) is 31.5 Å². The SMILES string of the molecule is CC(=O)O[C@@H]1C[C@@]23C[C@@]24CCC(O[C@@H]2OC[C@@H](O)[C@H](O)[C@H]2O)C(C)(C)C4CC=C3[C@]2(C)[C@@H](O)[C@@H]3O[C@@]4(CC(C)C3[C@@]12C)OC[C@]1(C)C[C@H]14. The normalized spacial score (nSPS) is 61.6. The van der Waals surface area contributed by atoms with Crippen molar-refractivity contribution in [2.75, 3.05) is 13.2 Å². The molecule has 3 spiro atoms. The van der Waals surface area contributed by atoms with E-state index >= 15 is 0 Å². The number of ether oxygens (including phenoxy) is 5. The number of esters is 1. The minimum atomic E-state index is -1.33. The van der Waals surface area contributed by atoms with E-state index in [4.69, 9.17) is 23.7 Å². The standard InChI is InChI=1S/C38H56O10/c1-18-12-38(23-13-33(23,5)17-45-38)48-29-26(18)35(7)25(46-19(2)39)14-37-16-36(37)11-10-24(47-31-28(42)27(41)20(40)15-44-31)32(3,4)21(36)8-9-22(37)34(35,6)30(29)43/h9,18,20-21,23-31,40-43H,8,10-17H2,1-7H3/t18?,20-,21?,23-,24?,25-,26?,27+,28-,29-,30+,31+,33+,34-,35-,36-,37+,38-/m1/s1. The van der Waals surface area contributed by atoms with Gasteiger partial charge in [0.15, 0.2) is 12.1 Å². The molecule has 0 aromatic carbocycles. The van der Waals surface area contributed by atoms with E-state index in [2.05, 4.69) is 47.6 Å². The van der Waals surface area contributed by atoms with Crippen LogP contribution in [0.15, 0.2) is 11.6 Å². The third-order valence-corrected chi connectivity index (χ3v) is 16.7. The molecular weight excluding hydrogens is 616 g/mol. The molecule has 0 bridgehead atoms. The topological polar surface area (TPSA) is 144 Å². The van der Waals surface area contributed by atoms with E-state index in [9.17, 15) is 25.2 Å². The molecular formula is C38H56O10. The minimum absolute atomic E-state index is 0.00345. The van der Waals surface area contributed by atoms with Crippen molar-refractivity contribution in [2.45, 2.75) is 148 Å². The highest BCUT2D eigenvalue weighted by molar-refractivity contribution is 5.66. The van der Waals surface area contributed by atoms with Gasteiger partial charge in [-0.15, -0.1) is 0 Å². The van der Waals surface area contributed by atoms with Crippen LogP contribution in [0.1, 0.15) is 93.4 Å². The fourth-order valence-electron chi connectivity index (χ4n) is 14.2. The smallest absolute Gasteiger partial charge is 0.302 e. The second kappa shape index (κ2) is 9.65. The Morgan fingerprint density at radius 1 is 0.979 bits per heavy atom. The predicted molar refractivity (Wildman–Crippen MR) is 171 cm³/mol. The van der Waals surface area contributed by atoms with Crippen LogP contribution in [0.25, 0.3) is 0 Å². The van der Waals surface area contributed by atoms with E-state index in [-0.39, 0.29) is 64.2 Å². The molecule has 3 saturated heterocycles. The number of allylic oxidation sites excluding steroid dienone is 1. The summed E-state index contributed by atoms with van der Waals surface area (Å²) < 4.78 is 32.1. The molecule has 9 aliphatic rings. The Balaban J connectivity index is 1.08. The first-order valence-corrected chi connectivity index (χ1v) is 18.6. The highest BCUT2D eigenvalue weighted by Crippen LogP contribution is 2.88. The first-order valence-electron chi connectivity index (χ1n) is 18.6. The highest BCUT2D eigenvalue weighted by atomic mass is 16.7. The van der Waals surface area contributed by atoms with E-state index in [0.29, 0.717) is 12.5 Å². The van der Waals surface area contributed by atoms with Crippen LogP contribution >= 0.6 is 0 Å². The first-order chi connectivity index (χ1) is 22.4. The first kappa shape index (κ1) is 32.8. The summed E-state index contributed by atoms with van der Waals surface area (Å²) in [4.78, 5) is 12.9. The van der Waals surface area contributed by atoms with Crippen molar-refractivity contribution in [1.29, 1.82) is 0 Å². The monoisotopic (exact) mass is 672 g/mol. The fraction of sp³-hybridized carbons (Fsp3) is 0.921. The number of rotatable bonds is 3. The summed E-state index contributed by atoms with van der Waals surface area (Å²) >= 11 is 0. The number of aliphatic hydroxyl groups excluding tert-OH is 4. The molecule has 48 heavy (non-hydrogen) atoms. The Kier molecular flexibility index (Phi) is 6.59. The van der Waals surface area contributed by atoms with Gasteiger partial charge < -0.3 is 44.1 Å². The zero-order chi connectivity index (χ0) is 34.2. The molecule has 9 rings (SSSR count). The maximum Gasteiger partial charge on any atom is 0.302 e. The molecule has 18 atom stereocenters. The molecule has 0 radical (unpaired) electrons. The third kappa shape index (κ3) is 3.65. The predicted octanol–water partition coefficient (Wildman–Crippen LogP) is 3.47. The molecule has 0 amide bonds. The molecule has 0 aromatic heterocycles. The Morgan fingerprint density at radius 3 is 2.40 bits per heavy atom.